The maximum atomic E-state index is 12.7. The minimum Gasteiger partial charge on any atom is -0.378 e. The highest BCUT2D eigenvalue weighted by atomic mass is 35.5. The standard InChI is InChI=1S/C21H20ClN3O2/c1-15-3-2-4-16(11-15)12-17(14-23)21(26)24-19-13-18(22)5-6-20(19)25-7-9-27-10-8-25/h2-6,11-13H,7-10H2,1H3,(H,24,26)/b17-12+. The zero-order valence-corrected chi connectivity index (χ0v) is 15.8. The van der Waals surface area contributed by atoms with Gasteiger partial charge < -0.3 is 15.0 Å². The lowest BCUT2D eigenvalue weighted by molar-refractivity contribution is -0.112. The van der Waals surface area contributed by atoms with E-state index in [0.717, 1.165) is 29.9 Å². The fourth-order valence-corrected chi connectivity index (χ4v) is 3.13. The van der Waals surface area contributed by atoms with Gasteiger partial charge in [-0.25, -0.2) is 0 Å². The van der Waals surface area contributed by atoms with Crippen molar-refractivity contribution in [2.45, 2.75) is 6.92 Å². The quantitative estimate of drug-likeness (QED) is 0.641. The molecule has 0 atom stereocenters. The Balaban J connectivity index is 1.86. The summed E-state index contributed by atoms with van der Waals surface area (Å²) >= 11 is 6.13. The van der Waals surface area contributed by atoms with E-state index in [0.29, 0.717) is 23.9 Å². The van der Waals surface area contributed by atoms with Crippen molar-refractivity contribution in [3.63, 3.8) is 0 Å². The molecule has 1 fully saturated rings. The van der Waals surface area contributed by atoms with Gasteiger partial charge in [0, 0.05) is 18.1 Å². The van der Waals surface area contributed by atoms with Gasteiger partial charge in [0.1, 0.15) is 11.6 Å². The molecule has 2 aromatic rings. The number of carbonyl (C=O) groups excluding carboxylic acids is 1. The molecule has 0 bridgehead atoms. The van der Waals surface area contributed by atoms with E-state index in [1.165, 1.54) is 0 Å². The molecule has 1 N–H and O–H groups in total. The van der Waals surface area contributed by atoms with Crippen LogP contribution in [0.5, 0.6) is 0 Å². The smallest absolute Gasteiger partial charge is 0.266 e. The van der Waals surface area contributed by atoms with Gasteiger partial charge in [0.15, 0.2) is 0 Å². The van der Waals surface area contributed by atoms with Crippen molar-refractivity contribution in [1.29, 1.82) is 5.26 Å². The number of aryl methyl sites for hydroxylation is 1. The monoisotopic (exact) mass is 381 g/mol. The molecule has 0 spiro atoms. The van der Waals surface area contributed by atoms with Crippen molar-refractivity contribution < 1.29 is 9.53 Å². The molecule has 1 heterocycles. The van der Waals surface area contributed by atoms with Crippen LogP contribution in [0.2, 0.25) is 5.02 Å². The fourth-order valence-electron chi connectivity index (χ4n) is 2.95. The molecule has 27 heavy (non-hydrogen) atoms. The second-order valence-electron chi connectivity index (χ2n) is 6.30. The molecule has 0 saturated carbocycles. The number of benzene rings is 2. The van der Waals surface area contributed by atoms with E-state index in [-0.39, 0.29) is 5.57 Å². The Labute approximate surface area is 163 Å². The summed E-state index contributed by atoms with van der Waals surface area (Å²) in [7, 11) is 0. The number of amides is 1. The number of morpholine rings is 1. The Morgan fingerprint density at radius 3 is 2.74 bits per heavy atom. The molecule has 0 unspecified atom stereocenters. The summed E-state index contributed by atoms with van der Waals surface area (Å²) in [5.74, 6) is -0.462. The van der Waals surface area contributed by atoms with Gasteiger partial charge in [0.2, 0.25) is 0 Å². The summed E-state index contributed by atoms with van der Waals surface area (Å²) in [4.78, 5) is 14.8. The highest BCUT2D eigenvalue weighted by Gasteiger charge is 2.18. The average molecular weight is 382 g/mol. The van der Waals surface area contributed by atoms with Crippen molar-refractivity contribution in [2.24, 2.45) is 0 Å². The van der Waals surface area contributed by atoms with E-state index >= 15 is 0 Å². The van der Waals surface area contributed by atoms with Crippen LogP contribution < -0.4 is 10.2 Å². The summed E-state index contributed by atoms with van der Waals surface area (Å²) in [6.07, 6.45) is 1.58. The van der Waals surface area contributed by atoms with Crippen LogP contribution in [0.4, 0.5) is 11.4 Å². The Morgan fingerprint density at radius 1 is 1.26 bits per heavy atom. The largest absolute Gasteiger partial charge is 0.378 e. The molecular weight excluding hydrogens is 362 g/mol. The van der Waals surface area contributed by atoms with Gasteiger partial charge in [0.25, 0.3) is 5.91 Å². The number of halogens is 1. The first-order chi connectivity index (χ1) is 13.1. The minimum absolute atomic E-state index is 0.0357. The first-order valence-electron chi connectivity index (χ1n) is 8.69. The van der Waals surface area contributed by atoms with Crippen LogP contribution in [0, 0.1) is 18.3 Å². The van der Waals surface area contributed by atoms with E-state index in [4.69, 9.17) is 16.3 Å². The van der Waals surface area contributed by atoms with E-state index < -0.39 is 5.91 Å². The number of nitrogens with zero attached hydrogens (tertiary/aromatic N) is 2. The van der Waals surface area contributed by atoms with Crippen LogP contribution in [0.1, 0.15) is 11.1 Å². The third kappa shape index (κ3) is 4.88. The predicted molar refractivity (Wildman–Crippen MR) is 108 cm³/mol. The number of nitriles is 1. The van der Waals surface area contributed by atoms with Gasteiger partial charge in [0.05, 0.1) is 24.6 Å². The molecule has 0 aromatic heterocycles. The summed E-state index contributed by atoms with van der Waals surface area (Å²) in [5, 5.41) is 12.8. The molecule has 2 aromatic carbocycles. The molecule has 6 heteroatoms. The van der Waals surface area contributed by atoms with Crippen LogP contribution >= 0.6 is 11.6 Å². The summed E-state index contributed by atoms with van der Waals surface area (Å²) < 4.78 is 5.39. The van der Waals surface area contributed by atoms with Gasteiger partial charge in [-0.3, -0.25) is 4.79 Å². The topological polar surface area (TPSA) is 65.4 Å². The second kappa shape index (κ2) is 8.72. The van der Waals surface area contributed by atoms with Crippen molar-refractivity contribution >= 4 is 35.0 Å². The zero-order chi connectivity index (χ0) is 19.2. The Hall–Kier alpha value is -2.81. The van der Waals surface area contributed by atoms with Gasteiger partial charge in [-0.15, -0.1) is 0 Å². The summed E-state index contributed by atoms with van der Waals surface area (Å²) in [5.41, 5.74) is 3.35. The maximum absolute atomic E-state index is 12.7. The SMILES string of the molecule is Cc1cccc(/C=C(\C#N)C(=O)Nc2cc(Cl)ccc2N2CCOCC2)c1. The Kier molecular flexibility index (Phi) is 6.12. The highest BCUT2D eigenvalue weighted by Crippen LogP contribution is 2.30. The number of hydrogen-bond acceptors (Lipinski definition) is 4. The number of carbonyl (C=O) groups is 1. The average Bonchev–Trinajstić information content (AvgIpc) is 2.67. The van der Waals surface area contributed by atoms with Crippen molar-refractivity contribution in [2.75, 3.05) is 36.5 Å². The van der Waals surface area contributed by atoms with Gasteiger partial charge in [-0.1, -0.05) is 41.4 Å². The minimum atomic E-state index is -0.462. The first-order valence-corrected chi connectivity index (χ1v) is 9.06. The van der Waals surface area contributed by atoms with E-state index in [1.807, 2.05) is 43.3 Å². The number of anilines is 2. The van der Waals surface area contributed by atoms with Crippen LogP contribution in [0.15, 0.2) is 48.0 Å². The van der Waals surface area contributed by atoms with Crippen LogP contribution in [0.3, 0.4) is 0 Å². The molecule has 1 aliphatic rings. The molecule has 0 aliphatic carbocycles. The second-order valence-corrected chi connectivity index (χ2v) is 6.74. The molecule has 138 valence electrons. The maximum Gasteiger partial charge on any atom is 0.266 e. The van der Waals surface area contributed by atoms with Crippen LogP contribution in [-0.4, -0.2) is 32.2 Å². The molecule has 1 aliphatic heterocycles. The summed E-state index contributed by atoms with van der Waals surface area (Å²) in [6.45, 7) is 4.69. The van der Waals surface area contributed by atoms with Gasteiger partial charge in [-0.05, 0) is 36.8 Å². The fraction of sp³-hybridized carbons (Fsp3) is 0.238. The number of ether oxygens (including phenoxy) is 1. The predicted octanol–water partition coefficient (Wildman–Crippen LogP) is 4.03. The van der Waals surface area contributed by atoms with Crippen molar-refractivity contribution in [3.8, 4) is 6.07 Å². The molecule has 5 nitrogen and oxygen atoms in total. The number of nitrogens with one attached hydrogen (secondary N) is 1. The lowest BCUT2D eigenvalue weighted by atomic mass is 10.1. The number of rotatable bonds is 4. The molecule has 1 amide bonds. The van der Waals surface area contributed by atoms with E-state index in [2.05, 4.69) is 10.2 Å². The molecule has 0 radical (unpaired) electrons. The highest BCUT2D eigenvalue weighted by molar-refractivity contribution is 6.31. The third-order valence-electron chi connectivity index (χ3n) is 4.28. The van der Waals surface area contributed by atoms with Gasteiger partial charge in [-0.2, -0.15) is 5.26 Å². The van der Waals surface area contributed by atoms with Crippen molar-refractivity contribution in [1.82, 2.24) is 0 Å². The lowest BCUT2D eigenvalue weighted by Crippen LogP contribution is -2.36. The van der Waals surface area contributed by atoms with Crippen LogP contribution in [0.25, 0.3) is 6.08 Å². The van der Waals surface area contributed by atoms with E-state index in [9.17, 15) is 10.1 Å². The lowest BCUT2D eigenvalue weighted by Gasteiger charge is -2.30. The van der Waals surface area contributed by atoms with Gasteiger partial charge >= 0.3 is 0 Å². The normalized spacial score (nSPS) is 14.6. The molecule has 3 rings (SSSR count). The van der Waals surface area contributed by atoms with Crippen molar-refractivity contribution in [3.05, 3.63) is 64.2 Å². The third-order valence-corrected chi connectivity index (χ3v) is 4.51. The molecular formula is C21H20ClN3O2. The van der Waals surface area contributed by atoms with Crippen LogP contribution in [-0.2, 0) is 9.53 Å². The Bertz CT molecular complexity index is 912. The van der Waals surface area contributed by atoms with E-state index in [1.54, 1.807) is 18.2 Å². The summed E-state index contributed by atoms with van der Waals surface area (Å²) in [6, 6.07) is 15.0. The Morgan fingerprint density at radius 2 is 2.04 bits per heavy atom. The zero-order valence-electron chi connectivity index (χ0n) is 15.0. The molecule has 1 saturated heterocycles. The first kappa shape index (κ1) is 19.0. The number of hydrogen-bond donors (Lipinski definition) is 1.